The molecule has 0 bridgehead atoms. The van der Waals surface area contributed by atoms with Crippen molar-refractivity contribution in [3.8, 4) is 0 Å². The van der Waals surface area contributed by atoms with E-state index >= 15 is 0 Å². The normalized spacial score (nSPS) is 11.5. The summed E-state index contributed by atoms with van der Waals surface area (Å²) in [4.78, 5) is 11.3. The van der Waals surface area contributed by atoms with Crippen LogP contribution in [0.3, 0.4) is 0 Å². The van der Waals surface area contributed by atoms with Gasteiger partial charge in [0.1, 0.15) is 0 Å². The Hall–Kier alpha value is -0.380. The van der Waals surface area contributed by atoms with E-state index in [0.29, 0.717) is 19.8 Å². The van der Waals surface area contributed by atoms with Crippen molar-refractivity contribution < 1.29 is 23.1 Å². The Kier molecular flexibility index (Phi) is 11.2. The van der Waals surface area contributed by atoms with Crippen LogP contribution in [-0.4, -0.2) is 32.0 Å². The Morgan fingerprint density at radius 1 is 1.00 bits per heavy atom. The Labute approximate surface area is 116 Å². The van der Waals surface area contributed by atoms with Crippen LogP contribution in [0, 0.1) is 0 Å². The smallest absolute Gasteiger partial charge is 0.331 e. The fourth-order valence-electron chi connectivity index (χ4n) is 1.32. The van der Waals surface area contributed by atoms with Crippen LogP contribution < -0.4 is 0 Å². The highest BCUT2D eigenvalue weighted by Gasteiger charge is 2.25. The van der Waals surface area contributed by atoms with E-state index in [1.54, 1.807) is 6.92 Å². The van der Waals surface area contributed by atoms with Crippen LogP contribution in [0.25, 0.3) is 0 Å². The first-order chi connectivity index (χ1) is 9.08. The largest absolute Gasteiger partial charge is 0.466 e. The first kappa shape index (κ1) is 18.6. The average Bonchev–Trinajstić information content (AvgIpc) is 2.38. The molecule has 0 aromatic heterocycles. The number of hydrogen-bond acceptors (Lipinski definition) is 5. The summed E-state index contributed by atoms with van der Waals surface area (Å²) in [6, 6.07) is 0. The maximum absolute atomic E-state index is 12.4. The Balaban J connectivity index is 4.22. The van der Waals surface area contributed by atoms with Crippen molar-refractivity contribution >= 4 is 13.6 Å². The third-order valence-electron chi connectivity index (χ3n) is 2.47. The first-order valence-electron chi connectivity index (χ1n) is 7.11. The van der Waals surface area contributed by atoms with Gasteiger partial charge in [-0.2, -0.15) is 0 Å². The number of carbonyl (C=O) groups excluding carboxylic acids is 1. The second kappa shape index (κ2) is 11.4. The monoisotopic (exact) mass is 294 g/mol. The summed E-state index contributed by atoms with van der Waals surface area (Å²) in [6.07, 6.45) is 3.77. The molecule has 0 heterocycles. The molecule has 0 aliphatic heterocycles. The summed E-state index contributed by atoms with van der Waals surface area (Å²) >= 11 is 0. The van der Waals surface area contributed by atoms with Gasteiger partial charge in [-0.25, -0.2) is 0 Å². The minimum atomic E-state index is -3.16. The van der Waals surface area contributed by atoms with E-state index < -0.39 is 7.60 Å². The predicted octanol–water partition coefficient (Wildman–Crippen LogP) is 3.77. The molecule has 0 rings (SSSR count). The van der Waals surface area contributed by atoms with Gasteiger partial charge in [-0.3, -0.25) is 9.36 Å². The zero-order valence-electron chi connectivity index (χ0n) is 12.4. The zero-order valence-corrected chi connectivity index (χ0v) is 13.2. The molecule has 19 heavy (non-hydrogen) atoms. The van der Waals surface area contributed by atoms with Gasteiger partial charge in [-0.1, -0.05) is 26.7 Å². The topological polar surface area (TPSA) is 61.8 Å². The van der Waals surface area contributed by atoms with Crippen LogP contribution in [0.4, 0.5) is 0 Å². The minimum Gasteiger partial charge on any atom is -0.466 e. The standard InChI is InChI=1S/C13H27O5P/c1-4-7-10-17-19(15,18-11-8-5-2)12-9-13(14)16-6-3/h4-12H2,1-3H3. The van der Waals surface area contributed by atoms with Crippen LogP contribution in [0.5, 0.6) is 0 Å². The maximum Gasteiger partial charge on any atom is 0.331 e. The van der Waals surface area contributed by atoms with Crippen molar-refractivity contribution in [1.82, 2.24) is 0 Å². The Bertz CT molecular complexity index is 266. The third-order valence-corrected chi connectivity index (χ3v) is 4.39. The van der Waals surface area contributed by atoms with Crippen molar-refractivity contribution in [1.29, 1.82) is 0 Å². The highest BCUT2D eigenvalue weighted by Crippen LogP contribution is 2.49. The Morgan fingerprint density at radius 2 is 1.53 bits per heavy atom. The SMILES string of the molecule is CCCCOP(=O)(CCC(=O)OCC)OCCCC. The van der Waals surface area contributed by atoms with E-state index in [1.807, 2.05) is 13.8 Å². The number of unbranched alkanes of at least 4 members (excludes halogenated alkanes) is 2. The highest BCUT2D eigenvalue weighted by atomic mass is 31.2. The molecule has 6 heteroatoms. The van der Waals surface area contributed by atoms with Crippen molar-refractivity contribution in [2.24, 2.45) is 0 Å². The summed E-state index contributed by atoms with van der Waals surface area (Å²) < 4.78 is 28.0. The molecule has 0 aromatic rings. The molecule has 0 aliphatic carbocycles. The van der Waals surface area contributed by atoms with Gasteiger partial charge >= 0.3 is 13.6 Å². The molecule has 0 aliphatic rings. The first-order valence-corrected chi connectivity index (χ1v) is 8.84. The van der Waals surface area contributed by atoms with Gasteiger partial charge in [-0.05, 0) is 19.8 Å². The fraction of sp³-hybridized carbons (Fsp3) is 0.923. The fourth-order valence-corrected chi connectivity index (χ4v) is 2.93. The lowest BCUT2D eigenvalue weighted by molar-refractivity contribution is -0.142. The summed E-state index contributed by atoms with van der Waals surface area (Å²) in [5.41, 5.74) is 0. The third kappa shape index (κ3) is 10.1. The number of carbonyl (C=O) groups is 1. The van der Waals surface area contributed by atoms with Gasteiger partial charge in [0.2, 0.25) is 0 Å². The molecule has 0 unspecified atom stereocenters. The van der Waals surface area contributed by atoms with E-state index in [-0.39, 0.29) is 18.6 Å². The molecule has 0 saturated heterocycles. The van der Waals surface area contributed by atoms with Crippen LogP contribution in [0.2, 0.25) is 0 Å². The molecule has 0 amide bonds. The molecule has 0 N–H and O–H groups in total. The maximum atomic E-state index is 12.4. The van der Waals surface area contributed by atoms with E-state index in [2.05, 4.69) is 0 Å². The lowest BCUT2D eigenvalue weighted by Gasteiger charge is -2.18. The van der Waals surface area contributed by atoms with Gasteiger partial charge in [0, 0.05) is 0 Å². The summed E-state index contributed by atoms with van der Waals surface area (Å²) in [6.45, 7) is 6.95. The van der Waals surface area contributed by atoms with Gasteiger partial charge in [0.05, 0.1) is 32.4 Å². The van der Waals surface area contributed by atoms with Gasteiger partial charge in [0.15, 0.2) is 0 Å². The van der Waals surface area contributed by atoms with Crippen LogP contribution in [-0.2, 0) is 23.1 Å². The second-order valence-electron chi connectivity index (χ2n) is 4.26. The summed E-state index contributed by atoms with van der Waals surface area (Å²) in [5, 5.41) is 0. The quantitative estimate of drug-likeness (QED) is 0.311. The summed E-state index contributed by atoms with van der Waals surface area (Å²) in [7, 11) is -3.16. The molecule has 0 atom stereocenters. The molecule has 0 aromatic carbocycles. The van der Waals surface area contributed by atoms with Crippen LogP contribution in [0.15, 0.2) is 0 Å². The van der Waals surface area contributed by atoms with Crippen LogP contribution >= 0.6 is 7.60 Å². The number of rotatable bonds is 12. The summed E-state index contributed by atoms with van der Waals surface area (Å²) in [5.74, 6) is -0.360. The van der Waals surface area contributed by atoms with Crippen molar-refractivity contribution in [2.45, 2.75) is 52.9 Å². The second-order valence-corrected chi connectivity index (χ2v) is 6.45. The van der Waals surface area contributed by atoms with Crippen molar-refractivity contribution in [3.63, 3.8) is 0 Å². The molecule has 0 fully saturated rings. The minimum absolute atomic E-state index is 0.0728. The molecule has 0 radical (unpaired) electrons. The molecular weight excluding hydrogens is 267 g/mol. The molecule has 114 valence electrons. The number of hydrogen-bond donors (Lipinski definition) is 0. The van der Waals surface area contributed by atoms with E-state index in [0.717, 1.165) is 25.7 Å². The van der Waals surface area contributed by atoms with Crippen molar-refractivity contribution in [2.75, 3.05) is 26.0 Å². The molecule has 0 saturated carbocycles. The average molecular weight is 294 g/mol. The van der Waals surface area contributed by atoms with Crippen LogP contribution in [0.1, 0.15) is 52.9 Å². The lowest BCUT2D eigenvalue weighted by atomic mass is 10.4. The van der Waals surface area contributed by atoms with Gasteiger partial charge in [-0.15, -0.1) is 0 Å². The van der Waals surface area contributed by atoms with Gasteiger partial charge in [0.25, 0.3) is 0 Å². The van der Waals surface area contributed by atoms with E-state index in [9.17, 15) is 9.36 Å². The lowest BCUT2D eigenvalue weighted by Crippen LogP contribution is -2.09. The zero-order chi connectivity index (χ0) is 14.6. The number of esters is 1. The number of ether oxygens (including phenoxy) is 1. The predicted molar refractivity (Wildman–Crippen MR) is 75.4 cm³/mol. The molecule has 0 spiro atoms. The molecular formula is C13H27O5P. The van der Waals surface area contributed by atoms with Crippen molar-refractivity contribution in [3.05, 3.63) is 0 Å². The molecule has 5 nitrogen and oxygen atoms in total. The highest BCUT2D eigenvalue weighted by molar-refractivity contribution is 7.53. The van der Waals surface area contributed by atoms with E-state index in [4.69, 9.17) is 13.8 Å². The van der Waals surface area contributed by atoms with E-state index in [1.165, 1.54) is 0 Å². The Morgan fingerprint density at radius 3 is 1.95 bits per heavy atom. The van der Waals surface area contributed by atoms with Gasteiger partial charge < -0.3 is 13.8 Å².